The van der Waals surface area contributed by atoms with Crippen LogP contribution in [0.15, 0.2) is 35.3 Å². The molecule has 3 heterocycles. The fourth-order valence-corrected chi connectivity index (χ4v) is 4.19. The van der Waals surface area contributed by atoms with Crippen molar-refractivity contribution in [3.05, 3.63) is 53.1 Å². The number of carbonyl (C=O) groups is 2. The summed E-state index contributed by atoms with van der Waals surface area (Å²) in [6.45, 7) is 8.13. The minimum absolute atomic E-state index is 0.121. The van der Waals surface area contributed by atoms with Crippen molar-refractivity contribution in [2.24, 2.45) is 10.9 Å². The third-order valence-electron chi connectivity index (χ3n) is 5.62. The van der Waals surface area contributed by atoms with E-state index in [0.717, 1.165) is 11.4 Å². The molecule has 164 valence electrons. The second-order valence-corrected chi connectivity index (χ2v) is 8.58. The van der Waals surface area contributed by atoms with Crippen LogP contribution in [-0.2, 0) is 11.3 Å². The molecule has 2 atom stereocenters. The number of imide groups is 1. The number of nitrogens with zero attached hydrogens (tertiary/aromatic N) is 6. The van der Waals surface area contributed by atoms with E-state index in [1.807, 2.05) is 33.8 Å². The van der Waals surface area contributed by atoms with Gasteiger partial charge in [0.25, 0.3) is 5.91 Å². The standard InChI is InChI=1S/C22H27FN6O2/c1-13(2)11-28-20(30)18-19(26(5)22(28)31)24-21(29-15(4)10-14(3)25-29)27(18)12-16-8-6-7-9-17(16)23/h6-10,13,18-19H,11-12H2,1-5H3. The van der Waals surface area contributed by atoms with Gasteiger partial charge in [0.2, 0.25) is 5.96 Å². The van der Waals surface area contributed by atoms with E-state index in [1.165, 1.54) is 15.9 Å². The van der Waals surface area contributed by atoms with Gasteiger partial charge in [0, 0.05) is 31.4 Å². The zero-order valence-electron chi connectivity index (χ0n) is 18.4. The monoisotopic (exact) mass is 426 g/mol. The molecule has 0 aliphatic carbocycles. The van der Waals surface area contributed by atoms with Crippen LogP contribution < -0.4 is 0 Å². The number of rotatable bonds is 4. The predicted octanol–water partition coefficient (Wildman–Crippen LogP) is 2.60. The maximum Gasteiger partial charge on any atom is 0.328 e. The van der Waals surface area contributed by atoms with Gasteiger partial charge in [-0.25, -0.2) is 18.9 Å². The number of aliphatic imine (C=N–C) groups is 1. The number of carbonyl (C=O) groups excluding carboxylic acids is 2. The summed E-state index contributed by atoms with van der Waals surface area (Å²) in [4.78, 5) is 35.7. The first-order valence-corrected chi connectivity index (χ1v) is 10.4. The quantitative estimate of drug-likeness (QED) is 0.753. The molecule has 8 nitrogen and oxygen atoms in total. The lowest BCUT2D eigenvalue weighted by Gasteiger charge is -2.41. The van der Waals surface area contributed by atoms with E-state index < -0.39 is 12.2 Å². The van der Waals surface area contributed by atoms with Gasteiger partial charge in [-0.2, -0.15) is 5.10 Å². The molecule has 0 saturated carbocycles. The molecule has 2 aliphatic heterocycles. The first-order chi connectivity index (χ1) is 14.7. The summed E-state index contributed by atoms with van der Waals surface area (Å²) >= 11 is 0. The van der Waals surface area contributed by atoms with Gasteiger partial charge in [-0.3, -0.25) is 9.69 Å². The SMILES string of the molecule is Cc1cc(C)n(C2=NC3C(C(=O)N(CC(C)C)C(=O)N3C)N2Cc2ccccc2F)n1. The Hall–Kier alpha value is -3.23. The summed E-state index contributed by atoms with van der Waals surface area (Å²) in [7, 11) is 1.65. The van der Waals surface area contributed by atoms with Crippen molar-refractivity contribution in [1.29, 1.82) is 0 Å². The largest absolute Gasteiger partial charge is 0.328 e. The molecule has 0 radical (unpaired) electrons. The van der Waals surface area contributed by atoms with Crippen LogP contribution >= 0.6 is 0 Å². The van der Waals surface area contributed by atoms with E-state index in [4.69, 9.17) is 4.99 Å². The molecule has 3 amide bonds. The van der Waals surface area contributed by atoms with Gasteiger partial charge in [-0.15, -0.1) is 0 Å². The summed E-state index contributed by atoms with van der Waals surface area (Å²) in [5.41, 5.74) is 2.09. The molecule has 9 heteroatoms. The molecule has 31 heavy (non-hydrogen) atoms. The molecule has 2 unspecified atom stereocenters. The van der Waals surface area contributed by atoms with Crippen LogP contribution in [0.5, 0.6) is 0 Å². The number of hydrogen-bond donors (Lipinski definition) is 0. The highest BCUT2D eigenvalue weighted by Gasteiger charge is 2.52. The predicted molar refractivity (Wildman–Crippen MR) is 114 cm³/mol. The Morgan fingerprint density at radius 2 is 1.87 bits per heavy atom. The van der Waals surface area contributed by atoms with E-state index in [9.17, 15) is 14.0 Å². The number of hydrogen-bond acceptors (Lipinski definition) is 5. The van der Waals surface area contributed by atoms with Crippen LogP contribution in [0.1, 0.15) is 30.8 Å². The zero-order valence-corrected chi connectivity index (χ0v) is 18.4. The van der Waals surface area contributed by atoms with Crippen LogP contribution in [0.2, 0.25) is 0 Å². The van der Waals surface area contributed by atoms with E-state index in [1.54, 1.807) is 34.8 Å². The van der Waals surface area contributed by atoms with Crippen molar-refractivity contribution < 1.29 is 14.0 Å². The van der Waals surface area contributed by atoms with Crippen molar-refractivity contribution >= 4 is 17.9 Å². The number of halogens is 1. The normalized spacial score (nSPS) is 21.3. The maximum atomic E-state index is 14.5. The number of benzene rings is 1. The molecule has 2 aliphatic rings. The Kier molecular flexibility index (Phi) is 5.28. The molecule has 1 fully saturated rings. The number of fused-ring (bicyclic) bond motifs is 1. The summed E-state index contributed by atoms with van der Waals surface area (Å²) in [6.07, 6.45) is -0.700. The lowest BCUT2D eigenvalue weighted by atomic mass is 10.1. The highest BCUT2D eigenvalue weighted by molar-refractivity contribution is 6.04. The van der Waals surface area contributed by atoms with Crippen LogP contribution in [0.3, 0.4) is 0 Å². The van der Waals surface area contributed by atoms with Crippen LogP contribution in [0.25, 0.3) is 0 Å². The van der Waals surface area contributed by atoms with Crippen LogP contribution in [-0.4, -0.2) is 68.2 Å². The molecule has 0 N–H and O–H groups in total. The Morgan fingerprint density at radius 1 is 1.16 bits per heavy atom. The van der Waals surface area contributed by atoms with E-state index in [-0.39, 0.29) is 30.2 Å². The van der Waals surface area contributed by atoms with Gasteiger partial charge in [-0.05, 0) is 31.9 Å². The zero-order chi connectivity index (χ0) is 22.4. The Bertz CT molecular complexity index is 1060. The highest BCUT2D eigenvalue weighted by Crippen LogP contribution is 2.31. The van der Waals surface area contributed by atoms with E-state index in [0.29, 0.717) is 18.1 Å². The smallest absolute Gasteiger partial charge is 0.321 e. The van der Waals surface area contributed by atoms with Crippen molar-refractivity contribution in [2.45, 2.75) is 46.4 Å². The first-order valence-electron chi connectivity index (χ1n) is 10.4. The Labute approximate surface area is 180 Å². The molecule has 0 bridgehead atoms. The van der Waals surface area contributed by atoms with Crippen molar-refractivity contribution in [3.63, 3.8) is 0 Å². The second-order valence-electron chi connectivity index (χ2n) is 8.58. The number of aryl methyl sites for hydroxylation is 2. The Balaban J connectivity index is 1.80. The fraction of sp³-hybridized carbons (Fsp3) is 0.455. The highest BCUT2D eigenvalue weighted by atomic mass is 19.1. The topological polar surface area (TPSA) is 74.0 Å². The molecule has 1 aromatic carbocycles. The third kappa shape index (κ3) is 3.58. The maximum absolute atomic E-state index is 14.5. The summed E-state index contributed by atoms with van der Waals surface area (Å²) in [5, 5.41) is 4.52. The average Bonchev–Trinajstić information content (AvgIpc) is 3.24. The first kappa shape index (κ1) is 21.0. The lowest BCUT2D eigenvalue weighted by Crippen LogP contribution is -2.65. The summed E-state index contributed by atoms with van der Waals surface area (Å²) < 4.78 is 16.2. The molecular weight excluding hydrogens is 399 g/mol. The van der Waals surface area contributed by atoms with Crippen molar-refractivity contribution in [3.8, 4) is 0 Å². The number of urea groups is 1. The van der Waals surface area contributed by atoms with Gasteiger partial charge in [0.15, 0.2) is 12.2 Å². The van der Waals surface area contributed by atoms with Crippen LogP contribution in [0, 0.1) is 25.6 Å². The van der Waals surface area contributed by atoms with Gasteiger partial charge >= 0.3 is 6.03 Å². The van der Waals surface area contributed by atoms with Crippen LogP contribution in [0.4, 0.5) is 9.18 Å². The summed E-state index contributed by atoms with van der Waals surface area (Å²) in [5.74, 6) is -0.122. The molecule has 1 saturated heterocycles. The second kappa shape index (κ2) is 7.79. The fourth-order valence-electron chi connectivity index (χ4n) is 4.19. The van der Waals surface area contributed by atoms with E-state index >= 15 is 0 Å². The molecule has 0 spiro atoms. The number of likely N-dealkylation sites (N-methyl/N-ethyl adjacent to an activating group) is 1. The average molecular weight is 426 g/mol. The number of amides is 3. The van der Waals surface area contributed by atoms with Gasteiger partial charge in [0.05, 0.1) is 5.69 Å². The Morgan fingerprint density at radius 3 is 2.48 bits per heavy atom. The molecule has 2 aromatic rings. The minimum Gasteiger partial charge on any atom is -0.321 e. The molecule has 1 aromatic heterocycles. The molecular formula is C22H27FN6O2. The van der Waals surface area contributed by atoms with Gasteiger partial charge in [-0.1, -0.05) is 32.0 Å². The van der Waals surface area contributed by atoms with Gasteiger partial charge in [0.1, 0.15) is 5.82 Å². The third-order valence-corrected chi connectivity index (χ3v) is 5.62. The lowest BCUT2D eigenvalue weighted by molar-refractivity contribution is -0.138. The molecule has 4 rings (SSSR count). The minimum atomic E-state index is -0.750. The van der Waals surface area contributed by atoms with E-state index in [2.05, 4.69) is 5.10 Å². The summed E-state index contributed by atoms with van der Waals surface area (Å²) in [6, 6.07) is 7.26. The van der Waals surface area contributed by atoms with Crippen molar-refractivity contribution in [2.75, 3.05) is 13.6 Å². The van der Waals surface area contributed by atoms with Crippen molar-refractivity contribution in [1.82, 2.24) is 24.5 Å². The number of aromatic nitrogens is 2. The van der Waals surface area contributed by atoms with Gasteiger partial charge < -0.3 is 9.80 Å².